The Morgan fingerprint density at radius 1 is 1.55 bits per heavy atom. The van der Waals surface area contributed by atoms with Gasteiger partial charge < -0.3 is 4.42 Å². The van der Waals surface area contributed by atoms with E-state index in [1.54, 1.807) is 18.2 Å². The Kier molecular flexibility index (Phi) is 4.38. The summed E-state index contributed by atoms with van der Waals surface area (Å²) in [5.41, 5.74) is 10.5. The molecule has 0 amide bonds. The summed E-state index contributed by atoms with van der Waals surface area (Å²) in [7, 11) is 0. The molecule has 0 saturated carbocycles. The van der Waals surface area contributed by atoms with E-state index < -0.39 is 6.04 Å². The Bertz CT molecular complexity index is 669. The van der Waals surface area contributed by atoms with Crippen LogP contribution in [0.15, 0.2) is 27.7 Å². The number of ketones is 1. The van der Waals surface area contributed by atoms with E-state index in [1.165, 1.54) is 6.92 Å². The largest absolute Gasteiger partial charge is 0.441 e. The van der Waals surface area contributed by atoms with Gasteiger partial charge in [-0.25, -0.2) is 4.98 Å². The number of benzene rings is 1. The lowest BCUT2D eigenvalue weighted by atomic mass is 10.0. The van der Waals surface area contributed by atoms with Gasteiger partial charge in [0.25, 0.3) is 0 Å². The first-order chi connectivity index (χ1) is 9.65. The fourth-order valence-corrected chi connectivity index (χ4v) is 2.03. The number of oxazole rings is 1. The maximum Gasteiger partial charge on any atom is 0.195 e. The Labute approximate surface area is 116 Å². The second kappa shape index (κ2) is 6.21. The molecule has 0 aliphatic heterocycles. The molecule has 0 spiro atoms. The minimum Gasteiger partial charge on any atom is -0.441 e. The quantitative estimate of drug-likeness (QED) is 0.450. The number of rotatable bonds is 6. The summed E-state index contributed by atoms with van der Waals surface area (Å²) in [6.07, 6.45) is 2.90. The molecule has 1 heterocycles. The molecule has 1 aromatic carbocycles. The van der Waals surface area contributed by atoms with Gasteiger partial charge in [0, 0.05) is 11.3 Å². The molecule has 2 aromatic rings. The zero-order valence-electron chi connectivity index (χ0n) is 11.5. The van der Waals surface area contributed by atoms with Crippen LogP contribution in [-0.4, -0.2) is 10.8 Å². The van der Waals surface area contributed by atoms with E-state index in [2.05, 4.69) is 21.9 Å². The van der Waals surface area contributed by atoms with Crippen molar-refractivity contribution in [1.29, 1.82) is 0 Å². The van der Waals surface area contributed by atoms with E-state index in [-0.39, 0.29) is 5.78 Å². The number of aromatic nitrogens is 1. The van der Waals surface area contributed by atoms with Gasteiger partial charge in [0.15, 0.2) is 11.5 Å². The van der Waals surface area contributed by atoms with E-state index in [1.807, 2.05) is 0 Å². The zero-order valence-corrected chi connectivity index (χ0v) is 11.5. The van der Waals surface area contributed by atoms with Gasteiger partial charge >= 0.3 is 0 Å². The van der Waals surface area contributed by atoms with Crippen LogP contribution in [0, 0.1) is 0 Å². The molecule has 0 aliphatic carbocycles. The molecule has 20 heavy (non-hydrogen) atoms. The van der Waals surface area contributed by atoms with Crippen molar-refractivity contribution in [2.45, 2.75) is 39.2 Å². The Hall–Kier alpha value is -2.33. The van der Waals surface area contributed by atoms with Crippen LogP contribution in [0.4, 0.5) is 0 Å². The number of carbonyl (C=O) groups excluding carboxylic acids is 1. The summed E-state index contributed by atoms with van der Waals surface area (Å²) in [6, 6.07) is 4.44. The van der Waals surface area contributed by atoms with Gasteiger partial charge in [-0.1, -0.05) is 24.5 Å². The van der Waals surface area contributed by atoms with Crippen LogP contribution in [0.1, 0.15) is 44.2 Å². The monoisotopic (exact) mass is 272 g/mol. The van der Waals surface area contributed by atoms with Crippen LogP contribution < -0.4 is 0 Å². The maximum atomic E-state index is 11.5. The Balaban J connectivity index is 2.37. The first kappa shape index (κ1) is 14.1. The lowest BCUT2D eigenvalue weighted by molar-refractivity contribution is -0.118. The van der Waals surface area contributed by atoms with Crippen LogP contribution in [-0.2, 0) is 11.2 Å². The second-order valence-corrected chi connectivity index (χ2v) is 4.66. The highest BCUT2D eigenvalue weighted by atomic mass is 16.3. The van der Waals surface area contributed by atoms with E-state index in [0.29, 0.717) is 17.0 Å². The average molecular weight is 272 g/mol. The summed E-state index contributed by atoms with van der Waals surface area (Å²) >= 11 is 0. The van der Waals surface area contributed by atoms with Gasteiger partial charge in [0.2, 0.25) is 0 Å². The van der Waals surface area contributed by atoms with Gasteiger partial charge in [0.05, 0.1) is 0 Å². The zero-order chi connectivity index (χ0) is 14.5. The summed E-state index contributed by atoms with van der Waals surface area (Å²) in [5.74, 6) is 0.495. The number of carbonyl (C=O) groups is 1. The molecular weight excluding hydrogens is 256 g/mol. The van der Waals surface area contributed by atoms with Crippen molar-refractivity contribution in [2.75, 3.05) is 0 Å². The number of Topliss-reactive ketones (excluding diaryl/α,β-unsaturated/α-hetero) is 1. The number of nitrogens with zero attached hydrogens (tertiary/aromatic N) is 4. The highest BCUT2D eigenvalue weighted by Crippen LogP contribution is 2.24. The third kappa shape index (κ3) is 2.97. The predicted octanol–water partition coefficient (Wildman–Crippen LogP) is 4.11. The molecule has 2 rings (SSSR count). The topological polar surface area (TPSA) is 91.9 Å². The van der Waals surface area contributed by atoms with Crippen molar-refractivity contribution >= 4 is 16.9 Å². The average Bonchev–Trinajstić information content (AvgIpc) is 2.83. The number of hydrogen-bond acceptors (Lipinski definition) is 4. The fraction of sp³-hybridized carbons (Fsp3) is 0.429. The standard InChI is InChI=1S/C14H16N4O2/c1-3-4-5-13-16-11-7-6-10(8-12(11)20-13)14(9(2)19)17-18-15/h6-8,14H,3-5H2,1-2H3/t14-/m1/s1. The van der Waals surface area contributed by atoms with Crippen LogP contribution >= 0.6 is 0 Å². The van der Waals surface area contributed by atoms with Crippen LogP contribution in [0.5, 0.6) is 0 Å². The van der Waals surface area contributed by atoms with Gasteiger partial charge in [-0.15, -0.1) is 0 Å². The molecule has 6 heteroatoms. The van der Waals surface area contributed by atoms with Gasteiger partial charge in [-0.05, 0) is 36.6 Å². The molecule has 104 valence electrons. The lowest BCUT2D eigenvalue weighted by Crippen LogP contribution is -2.04. The maximum absolute atomic E-state index is 11.5. The third-order valence-electron chi connectivity index (χ3n) is 3.07. The summed E-state index contributed by atoms with van der Waals surface area (Å²) < 4.78 is 5.66. The highest BCUT2D eigenvalue weighted by Gasteiger charge is 2.16. The first-order valence-electron chi connectivity index (χ1n) is 6.59. The van der Waals surface area contributed by atoms with Crippen LogP contribution in [0.2, 0.25) is 0 Å². The van der Waals surface area contributed by atoms with Crippen molar-refractivity contribution in [1.82, 2.24) is 4.98 Å². The third-order valence-corrected chi connectivity index (χ3v) is 3.07. The van der Waals surface area contributed by atoms with Crippen molar-refractivity contribution in [2.24, 2.45) is 5.11 Å². The summed E-state index contributed by atoms with van der Waals surface area (Å²) in [6.45, 7) is 3.51. The van der Waals surface area contributed by atoms with E-state index in [9.17, 15) is 4.79 Å². The molecule has 1 aromatic heterocycles. The molecule has 0 aliphatic rings. The van der Waals surface area contributed by atoms with Crippen molar-refractivity contribution in [3.05, 3.63) is 40.1 Å². The minimum absolute atomic E-state index is 0.201. The molecule has 0 radical (unpaired) electrons. The van der Waals surface area contributed by atoms with E-state index in [4.69, 9.17) is 9.95 Å². The number of aryl methyl sites for hydroxylation is 1. The first-order valence-corrected chi connectivity index (χ1v) is 6.59. The SMILES string of the molecule is CCCCc1nc2ccc([C@H](N=[N+]=[N-])C(C)=O)cc2o1. The number of unbranched alkanes of at least 4 members (excludes halogenated alkanes) is 1. The van der Waals surface area contributed by atoms with Crippen molar-refractivity contribution in [3.63, 3.8) is 0 Å². The molecule has 0 fully saturated rings. The summed E-state index contributed by atoms with van der Waals surface area (Å²) in [4.78, 5) is 18.6. The van der Waals surface area contributed by atoms with E-state index >= 15 is 0 Å². The summed E-state index contributed by atoms with van der Waals surface area (Å²) in [5, 5.41) is 3.53. The smallest absolute Gasteiger partial charge is 0.195 e. The Morgan fingerprint density at radius 2 is 2.35 bits per heavy atom. The minimum atomic E-state index is -0.811. The molecule has 0 bridgehead atoms. The molecular formula is C14H16N4O2. The Morgan fingerprint density at radius 3 is 3.00 bits per heavy atom. The molecule has 0 N–H and O–H groups in total. The lowest BCUT2D eigenvalue weighted by Gasteiger charge is -2.06. The van der Waals surface area contributed by atoms with Crippen LogP contribution in [0.3, 0.4) is 0 Å². The van der Waals surface area contributed by atoms with E-state index in [0.717, 1.165) is 24.8 Å². The predicted molar refractivity (Wildman–Crippen MR) is 75.2 cm³/mol. The fourth-order valence-electron chi connectivity index (χ4n) is 2.03. The van der Waals surface area contributed by atoms with Gasteiger partial charge in [-0.2, -0.15) is 0 Å². The highest BCUT2D eigenvalue weighted by molar-refractivity contribution is 5.84. The van der Waals surface area contributed by atoms with Gasteiger partial charge in [0.1, 0.15) is 17.3 Å². The van der Waals surface area contributed by atoms with Crippen molar-refractivity contribution in [3.8, 4) is 0 Å². The number of hydrogen-bond donors (Lipinski definition) is 0. The number of azide groups is 1. The normalized spacial score (nSPS) is 12.1. The van der Waals surface area contributed by atoms with Gasteiger partial charge in [-0.3, -0.25) is 4.79 Å². The second-order valence-electron chi connectivity index (χ2n) is 4.66. The molecule has 0 unspecified atom stereocenters. The molecule has 1 atom stereocenters. The number of fused-ring (bicyclic) bond motifs is 1. The van der Waals surface area contributed by atoms with Crippen LogP contribution in [0.25, 0.3) is 21.5 Å². The molecule has 0 saturated heterocycles. The van der Waals surface area contributed by atoms with Crippen molar-refractivity contribution < 1.29 is 9.21 Å². The molecule has 6 nitrogen and oxygen atoms in total.